The zero-order valence-corrected chi connectivity index (χ0v) is 20.3. The standard InChI is InChI=1S/C24H19ClF2N8O3/c25-15-2-4-17(33-11-29-31-32-33)21(23(15)27)12-7-13-1-3-18(35(13)20(37)8-12)24-28-9-16(30-24)14-5-6-34(38)19(10-36)22(14)26/h2,4-6,8-9,11,13,18,36,38H,1,3,7,10H2/t13?,18-/m0/s1. The van der Waals surface area contributed by atoms with Crippen molar-refractivity contribution in [2.75, 3.05) is 6.61 Å². The minimum absolute atomic E-state index is 0.0614. The quantitative estimate of drug-likeness (QED) is 0.609. The van der Waals surface area contributed by atoms with Crippen LogP contribution in [0.3, 0.4) is 0 Å². The smallest absolute Gasteiger partial charge is 0.247 e. The lowest BCUT2D eigenvalue weighted by molar-refractivity contribution is -0.128. The van der Waals surface area contributed by atoms with Crippen molar-refractivity contribution in [1.29, 1.82) is 0 Å². The number of amidine groups is 1. The highest BCUT2D eigenvalue weighted by molar-refractivity contribution is 6.31. The van der Waals surface area contributed by atoms with Gasteiger partial charge in [0.2, 0.25) is 5.91 Å². The number of nitrogens with zero attached hydrogens (tertiary/aromatic N) is 8. The summed E-state index contributed by atoms with van der Waals surface area (Å²) in [5, 5.41) is 30.5. The van der Waals surface area contributed by atoms with E-state index in [0.717, 1.165) is 0 Å². The molecule has 2 N–H and O–H groups in total. The molecule has 2 aromatic rings. The number of carbonyl (C=O) groups is 1. The number of aliphatic imine (C=N–C) groups is 2. The summed E-state index contributed by atoms with van der Waals surface area (Å²) in [6.07, 6.45) is 8.18. The molecule has 1 saturated heterocycles. The van der Waals surface area contributed by atoms with E-state index in [1.54, 1.807) is 11.0 Å². The van der Waals surface area contributed by atoms with Gasteiger partial charge in [0, 0.05) is 29.5 Å². The van der Waals surface area contributed by atoms with Gasteiger partial charge in [-0.2, -0.15) is 4.68 Å². The predicted molar refractivity (Wildman–Crippen MR) is 131 cm³/mol. The Bertz CT molecular complexity index is 1530. The first kappa shape index (κ1) is 24.3. The number of allylic oxidation sites excluding steroid dienone is 4. The maximum atomic E-state index is 15.3. The molecule has 6 rings (SSSR count). The highest BCUT2D eigenvalue weighted by Crippen LogP contribution is 2.41. The van der Waals surface area contributed by atoms with Gasteiger partial charge in [-0.1, -0.05) is 11.6 Å². The van der Waals surface area contributed by atoms with Crippen molar-refractivity contribution in [2.45, 2.75) is 31.3 Å². The van der Waals surface area contributed by atoms with Crippen LogP contribution in [0, 0.1) is 5.82 Å². The molecular weight excluding hydrogens is 522 g/mol. The number of hydroxylamine groups is 2. The Morgan fingerprint density at radius 3 is 2.82 bits per heavy atom. The fourth-order valence-corrected chi connectivity index (χ4v) is 5.35. The molecule has 4 aliphatic rings. The second-order valence-electron chi connectivity index (χ2n) is 8.98. The molecule has 1 amide bonds. The van der Waals surface area contributed by atoms with Crippen LogP contribution in [0.5, 0.6) is 0 Å². The van der Waals surface area contributed by atoms with Crippen LogP contribution < -0.4 is 0 Å². The highest BCUT2D eigenvalue weighted by atomic mass is 35.5. The first-order valence-corrected chi connectivity index (χ1v) is 12.0. The first-order chi connectivity index (χ1) is 18.4. The van der Waals surface area contributed by atoms with E-state index in [1.807, 2.05) is 0 Å². The number of halogens is 3. The minimum Gasteiger partial charge on any atom is -0.390 e. The monoisotopic (exact) mass is 540 g/mol. The van der Waals surface area contributed by atoms with Crippen molar-refractivity contribution in [3.05, 3.63) is 76.0 Å². The van der Waals surface area contributed by atoms with Crippen LogP contribution in [-0.2, 0) is 4.79 Å². The Morgan fingerprint density at radius 2 is 2.05 bits per heavy atom. The molecule has 1 unspecified atom stereocenters. The van der Waals surface area contributed by atoms with Gasteiger partial charge < -0.3 is 10.0 Å². The average Bonchev–Trinajstić information content (AvgIpc) is 3.67. The van der Waals surface area contributed by atoms with Gasteiger partial charge in [-0.3, -0.25) is 10.0 Å². The summed E-state index contributed by atoms with van der Waals surface area (Å²) in [7, 11) is 0. The lowest BCUT2D eigenvalue weighted by Gasteiger charge is -2.33. The summed E-state index contributed by atoms with van der Waals surface area (Å²) in [5.74, 6) is -1.47. The van der Waals surface area contributed by atoms with Crippen LogP contribution in [0.2, 0.25) is 5.02 Å². The van der Waals surface area contributed by atoms with E-state index in [2.05, 4.69) is 25.5 Å². The number of aromatic nitrogens is 4. The van der Waals surface area contributed by atoms with E-state index in [4.69, 9.17) is 11.6 Å². The molecule has 5 heterocycles. The number of aliphatic hydroxyl groups is 1. The van der Waals surface area contributed by atoms with Crippen LogP contribution >= 0.6 is 11.6 Å². The lowest BCUT2D eigenvalue weighted by Crippen LogP contribution is -2.45. The number of tetrazole rings is 1. The molecule has 194 valence electrons. The van der Waals surface area contributed by atoms with E-state index in [-0.39, 0.29) is 39.5 Å². The Kier molecular flexibility index (Phi) is 5.97. The van der Waals surface area contributed by atoms with Crippen molar-refractivity contribution in [3.63, 3.8) is 0 Å². The van der Waals surface area contributed by atoms with Gasteiger partial charge >= 0.3 is 0 Å². The van der Waals surface area contributed by atoms with Crippen LogP contribution in [0.4, 0.5) is 8.78 Å². The highest BCUT2D eigenvalue weighted by Gasteiger charge is 2.43. The number of benzene rings is 1. The molecular formula is C24H19ClF2N8O3. The second-order valence-corrected chi connectivity index (χ2v) is 9.39. The third-order valence-corrected chi connectivity index (χ3v) is 7.22. The summed E-state index contributed by atoms with van der Waals surface area (Å²) >= 11 is 6.08. The van der Waals surface area contributed by atoms with Gasteiger partial charge in [-0.15, -0.1) is 5.10 Å². The fraction of sp³-hybridized carbons (Fsp3) is 0.250. The van der Waals surface area contributed by atoms with Crippen LogP contribution in [-0.4, -0.2) is 77.1 Å². The number of aliphatic hydroxyl groups excluding tert-OH is 1. The molecule has 0 spiro atoms. The molecule has 14 heteroatoms. The number of hydrogen-bond donors (Lipinski definition) is 2. The molecule has 0 saturated carbocycles. The molecule has 2 atom stereocenters. The van der Waals surface area contributed by atoms with E-state index < -0.39 is 24.3 Å². The number of rotatable bonds is 4. The number of carbonyl (C=O) groups excluding carboxylic acids is 1. The predicted octanol–water partition coefficient (Wildman–Crippen LogP) is 2.73. The third-order valence-electron chi connectivity index (χ3n) is 6.93. The summed E-state index contributed by atoms with van der Waals surface area (Å²) in [6, 6.07) is 2.31. The van der Waals surface area contributed by atoms with E-state index in [1.165, 1.54) is 41.6 Å². The number of hydrogen-bond acceptors (Lipinski definition) is 9. The maximum Gasteiger partial charge on any atom is 0.247 e. The Labute approximate surface area is 219 Å². The van der Waals surface area contributed by atoms with Crippen LogP contribution in [0.1, 0.15) is 24.8 Å². The van der Waals surface area contributed by atoms with E-state index in [0.29, 0.717) is 41.4 Å². The van der Waals surface area contributed by atoms with Crippen molar-refractivity contribution in [1.82, 2.24) is 30.2 Å². The molecule has 11 nitrogen and oxygen atoms in total. The fourth-order valence-electron chi connectivity index (χ4n) is 5.19. The Balaban J connectivity index is 1.32. The topological polar surface area (TPSA) is 132 Å². The minimum atomic E-state index is -0.822. The second kappa shape index (κ2) is 9.35. The van der Waals surface area contributed by atoms with Gasteiger partial charge in [0.1, 0.15) is 12.0 Å². The summed E-state index contributed by atoms with van der Waals surface area (Å²) < 4.78 is 31.4. The van der Waals surface area contributed by atoms with E-state index in [9.17, 15) is 19.5 Å². The molecule has 1 fully saturated rings. The van der Waals surface area contributed by atoms with E-state index >= 15 is 4.39 Å². The normalized spacial score (nSPS) is 24.9. The number of fused-ring (bicyclic) bond motifs is 1. The summed E-state index contributed by atoms with van der Waals surface area (Å²) in [6.45, 7) is -0.708. The van der Waals surface area contributed by atoms with Gasteiger partial charge in [0.25, 0.3) is 0 Å². The average molecular weight is 541 g/mol. The first-order valence-electron chi connectivity index (χ1n) is 11.6. The van der Waals surface area contributed by atoms with Crippen molar-refractivity contribution in [2.24, 2.45) is 9.98 Å². The Morgan fingerprint density at radius 1 is 1.21 bits per heavy atom. The SMILES string of the molecule is O=C1C=C(c2c(-n3cnnn3)ccc(Cl)c2F)CC2CC[C@@H](C3=NC(=C4C=CN(O)C(CO)=C4F)C=N3)N12. The van der Waals surface area contributed by atoms with Gasteiger partial charge in [-0.05, 0) is 53.5 Å². The third kappa shape index (κ3) is 3.86. The van der Waals surface area contributed by atoms with Crippen LogP contribution in [0.15, 0.2) is 69.6 Å². The van der Waals surface area contributed by atoms with Crippen molar-refractivity contribution >= 4 is 35.1 Å². The molecule has 0 bridgehead atoms. The van der Waals surface area contributed by atoms with Gasteiger partial charge in [0.05, 0.1) is 35.3 Å². The zero-order chi connectivity index (χ0) is 26.6. The molecule has 0 radical (unpaired) electrons. The van der Waals surface area contributed by atoms with Crippen molar-refractivity contribution < 1.29 is 23.9 Å². The Hall–Kier alpha value is -4.07. The maximum absolute atomic E-state index is 15.3. The molecule has 0 aliphatic carbocycles. The van der Waals surface area contributed by atoms with Crippen LogP contribution in [0.25, 0.3) is 11.3 Å². The van der Waals surface area contributed by atoms with Gasteiger partial charge in [0.15, 0.2) is 17.5 Å². The summed E-state index contributed by atoms with van der Waals surface area (Å²) in [4.78, 5) is 23.8. The largest absolute Gasteiger partial charge is 0.390 e. The van der Waals surface area contributed by atoms with Gasteiger partial charge in [-0.25, -0.2) is 23.8 Å². The summed E-state index contributed by atoms with van der Waals surface area (Å²) in [5.41, 5.74) is 0.959. The molecule has 1 aromatic heterocycles. The molecule has 38 heavy (non-hydrogen) atoms. The lowest BCUT2D eigenvalue weighted by atomic mass is 9.92. The molecule has 4 aliphatic heterocycles. The number of amides is 1. The molecule has 1 aromatic carbocycles. The van der Waals surface area contributed by atoms with Crippen molar-refractivity contribution in [3.8, 4) is 5.69 Å². The zero-order valence-electron chi connectivity index (χ0n) is 19.5.